The lowest BCUT2D eigenvalue weighted by Crippen LogP contribution is -2.53. The summed E-state index contributed by atoms with van der Waals surface area (Å²) < 4.78 is 24.0. The molecule has 2 aliphatic heterocycles. The van der Waals surface area contributed by atoms with Crippen molar-refractivity contribution >= 4 is 27.7 Å². The van der Waals surface area contributed by atoms with Gasteiger partial charge in [-0.3, -0.25) is 10.2 Å². The summed E-state index contributed by atoms with van der Waals surface area (Å²) in [5.41, 5.74) is 8.04. The zero-order chi connectivity index (χ0) is 30.4. The first kappa shape index (κ1) is 29.7. The standard InChI is InChI=1S/C34H32BrN3O6/c35-28-10-5-4-9-27(28)31-34(20-23-7-2-1-3-8-23,33(40)38-36-21-24-11-16-29-30(19-24)43-22-42-29)37-32(44-31)25-12-14-26(15-13-25)41-18-6-17-39/h1-5,7-16,19,31,36,39H,6,17-18,20-22H2,(H,38,40)/t31-,34-/m0/s1. The summed E-state index contributed by atoms with van der Waals surface area (Å²) in [7, 11) is 0. The van der Waals surface area contributed by atoms with Gasteiger partial charge in [0.2, 0.25) is 12.7 Å². The molecule has 226 valence electrons. The van der Waals surface area contributed by atoms with Gasteiger partial charge in [-0.25, -0.2) is 10.4 Å². The smallest absolute Gasteiger partial charge is 0.266 e. The molecule has 6 rings (SSSR count). The van der Waals surface area contributed by atoms with Crippen LogP contribution >= 0.6 is 15.9 Å². The van der Waals surface area contributed by atoms with Crippen LogP contribution in [0.25, 0.3) is 0 Å². The zero-order valence-corrected chi connectivity index (χ0v) is 25.5. The molecule has 0 radical (unpaired) electrons. The largest absolute Gasteiger partial charge is 0.494 e. The Bertz CT molecular complexity index is 1630. The van der Waals surface area contributed by atoms with Crippen molar-refractivity contribution < 1.29 is 28.8 Å². The number of ether oxygens (including phenoxy) is 4. The highest BCUT2D eigenvalue weighted by Crippen LogP contribution is 2.44. The molecule has 0 saturated heterocycles. The monoisotopic (exact) mass is 657 g/mol. The number of hydrogen-bond donors (Lipinski definition) is 3. The number of nitrogens with one attached hydrogen (secondary N) is 2. The second-order valence-corrected chi connectivity index (χ2v) is 11.3. The molecule has 0 aromatic heterocycles. The first-order valence-corrected chi connectivity index (χ1v) is 15.2. The van der Waals surface area contributed by atoms with Gasteiger partial charge >= 0.3 is 0 Å². The minimum atomic E-state index is -1.35. The molecule has 4 aromatic carbocycles. The van der Waals surface area contributed by atoms with Crippen LogP contribution in [0.2, 0.25) is 0 Å². The summed E-state index contributed by atoms with van der Waals surface area (Å²) in [5, 5.41) is 9.05. The molecule has 0 spiro atoms. The maximum Gasteiger partial charge on any atom is 0.266 e. The lowest BCUT2D eigenvalue weighted by Gasteiger charge is -2.31. The molecular weight excluding hydrogens is 626 g/mol. The van der Waals surface area contributed by atoms with Gasteiger partial charge in [0.1, 0.15) is 5.75 Å². The summed E-state index contributed by atoms with van der Waals surface area (Å²) in [6.07, 6.45) is 0.106. The van der Waals surface area contributed by atoms with Gasteiger partial charge in [-0.2, -0.15) is 0 Å². The highest BCUT2D eigenvalue weighted by molar-refractivity contribution is 9.10. The molecule has 0 unspecified atom stereocenters. The topological polar surface area (TPSA) is 111 Å². The van der Waals surface area contributed by atoms with Crippen molar-refractivity contribution in [3.05, 3.63) is 124 Å². The van der Waals surface area contributed by atoms with Gasteiger partial charge < -0.3 is 24.1 Å². The Morgan fingerprint density at radius 1 is 0.955 bits per heavy atom. The number of hydrazine groups is 1. The van der Waals surface area contributed by atoms with Gasteiger partial charge in [-0.05, 0) is 53.6 Å². The number of aliphatic hydroxyl groups excluding tert-OH is 1. The maximum absolute atomic E-state index is 14.4. The molecule has 3 N–H and O–H groups in total. The lowest BCUT2D eigenvalue weighted by molar-refractivity contribution is -0.130. The van der Waals surface area contributed by atoms with Gasteiger partial charge in [-0.15, -0.1) is 0 Å². The van der Waals surface area contributed by atoms with E-state index >= 15 is 0 Å². The SMILES string of the molecule is O=C(NNCc1ccc2c(c1)OCO2)[C@@]1(Cc2ccccc2)N=C(c2ccc(OCCCO)cc2)O[C@H]1c1ccccc1Br. The van der Waals surface area contributed by atoms with Crippen LogP contribution in [0.15, 0.2) is 107 Å². The summed E-state index contributed by atoms with van der Waals surface area (Å²) in [6.45, 7) is 1.03. The van der Waals surface area contributed by atoms with Crippen LogP contribution < -0.4 is 25.1 Å². The molecular formula is C34H32BrN3O6. The van der Waals surface area contributed by atoms with Crippen LogP contribution in [-0.2, 0) is 22.5 Å². The van der Waals surface area contributed by atoms with E-state index in [-0.39, 0.29) is 19.3 Å². The molecule has 2 heterocycles. The third-order valence-corrected chi connectivity index (χ3v) is 8.19. The number of aliphatic imine (C=N–C) groups is 1. The highest BCUT2D eigenvalue weighted by atomic mass is 79.9. The predicted molar refractivity (Wildman–Crippen MR) is 169 cm³/mol. The third-order valence-electron chi connectivity index (χ3n) is 7.47. The number of aliphatic hydroxyl groups is 1. The van der Waals surface area contributed by atoms with Gasteiger partial charge in [0, 0.05) is 41.6 Å². The summed E-state index contributed by atoms with van der Waals surface area (Å²) in [5.74, 6) is 2.07. The van der Waals surface area contributed by atoms with Crippen LogP contribution in [-0.4, -0.2) is 42.5 Å². The molecule has 2 atom stereocenters. The first-order chi connectivity index (χ1) is 21.6. The number of nitrogens with zero attached hydrogens (tertiary/aromatic N) is 1. The number of carbonyl (C=O) groups excluding carboxylic acids is 1. The molecule has 0 saturated carbocycles. The van der Waals surface area contributed by atoms with Crippen LogP contribution in [0.4, 0.5) is 0 Å². The van der Waals surface area contributed by atoms with Crippen molar-refractivity contribution in [3.63, 3.8) is 0 Å². The van der Waals surface area contributed by atoms with Crippen LogP contribution in [0.3, 0.4) is 0 Å². The first-order valence-electron chi connectivity index (χ1n) is 14.4. The van der Waals surface area contributed by atoms with Gasteiger partial charge in [0.15, 0.2) is 23.1 Å². The third kappa shape index (κ3) is 6.42. The number of benzene rings is 4. The quantitative estimate of drug-likeness (QED) is 0.141. The Kier molecular flexibility index (Phi) is 9.11. The molecule has 10 heteroatoms. The molecule has 0 bridgehead atoms. The molecule has 4 aromatic rings. The predicted octanol–water partition coefficient (Wildman–Crippen LogP) is 5.26. The second-order valence-electron chi connectivity index (χ2n) is 10.5. The molecule has 0 fully saturated rings. The van der Waals surface area contributed by atoms with Crippen molar-refractivity contribution in [3.8, 4) is 17.2 Å². The van der Waals surface area contributed by atoms with Crippen molar-refractivity contribution in [1.29, 1.82) is 0 Å². The number of rotatable bonds is 12. The maximum atomic E-state index is 14.4. The van der Waals surface area contributed by atoms with Crippen molar-refractivity contribution in [2.24, 2.45) is 4.99 Å². The number of amides is 1. The van der Waals surface area contributed by atoms with Crippen molar-refractivity contribution in [1.82, 2.24) is 10.9 Å². The van der Waals surface area contributed by atoms with E-state index in [4.69, 9.17) is 29.0 Å². The molecule has 2 aliphatic rings. The van der Waals surface area contributed by atoms with E-state index in [1.165, 1.54) is 0 Å². The average molecular weight is 659 g/mol. The molecule has 9 nitrogen and oxygen atoms in total. The highest BCUT2D eigenvalue weighted by Gasteiger charge is 2.53. The van der Waals surface area contributed by atoms with E-state index < -0.39 is 11.6 Å². The summed E-state index contributed by atoms with van der Waals surface area (Å²) in [4.78, 5) is 19.4. The Morgan fingerprint density at radius 2 is 1.73 bits per heavy atom. The fourth-order valence-electron chi connectivity index (χ4n) is 5.24. The number of hydrogen-bond acceptors (Lipinski definition) is 8. The minimum absolute atomic E-state index is 0.0657. The fraction of sp³-hybridized carbons (Fsp3) is 0.235. The van der Waals surface area contributed by atoms with E-state index in [9.17, 15) is 4.79 Å². The van der Waals surface area contributed by atoms with Gasteiger partial charge in [0.05, 0.1) is 6.61 Å². The Balaban J connectivity index is 1.33. The number of carbonyl (C=O) groups is 1. The van der Waals surface area contributed by atoms with E-state index in [1.54, 1.807) is 0 Å². The second kappa shape index (κ2) is 13.5. The lowest BCUT2D eigenvalue weighted by atomic mass is 9.82. The normalized spacial score (nSPS) is 18.4. The van der Waals surface area contributed by atoms with E-state index in [0.717, 1.165) is 21.2 Å². The zero-order valence-electron chi connectivity index (χ0n) is 23.9. The summed E-state index contributed by atoms with van der Waals surface area (Å²) in [6, 6.07) is 30.6. The van der Waals surface area contributed by atoms with Crippen molar-refractivity contribution in [2.45, 2.75) is 31.0 Å². The molecule has 1 amide bonds. The van der Waals surface area contributed by atoms with Crippen molar-refractivity contribution in [2.75, 3.05) is 20.0 Å². The fourth-order valence-corrected chi connectivity index (χ4v) is 5.73. The van der Waals surface area contributed by atoms with E-state index in [2.05, 4.69) is 26.8 Å². The summed E-state index contributed by atoms with van der Waals surface area (Å²) >= 11 is 3.68. The minimum Gasteiger partial charge on any atom is -0.494 e. The molecule has 44 heavy (non-hydrogen) atoms. The van der Waals surface area contributed by atoms with E-state index in [0.29, 0.717) is 54.7 Å². The van der Waals surface area contributed by atoms with Gasteiger partial charge in [-0.1, -0.05) is 70.5 Å². The van der Waals surface area contributed by atoms with Crippen LogP contribution in [0, 0.1) is 0 Å². The number of fused-ring (bicyclic) bond motifs is 1. The Labute approximate surface area is 263 Å². The number of halogens is 1. The average Bonchev–Trinajstić information content (AvgIpc) is 3.68. The van der Waals surface area contributed by atoms with Gasteiger partial charge in [0.25, 0.3) is 5.91 Å². The Hall–Kier alpha value is -4.38. The van der Waals surface area contributed by atoms with Crippen LogP contribution in [0.5, 0.6) is 17.2 Å². The molecule has 0 aliphatic carbocycles. The Morgan fingerprint density at radius 3 is 2.52 bits per heavy atom. The van der Waals surface area contributed by atoms with Crippen LogP contribution in [0.1, 0.15) is 34.8 Å². The van der Waals surface area contributed by atoms with E-state index in [1.807, 2.05) is 97.1 Å².